The van der Waals surface area contributed by atoms with Gasteiger partial charge in [-0.15, -0.1) is 0 Å². The van der Waals surface area contributed by atoms with Gasteiger partial charge in [0.25, 0.3) is 0 Å². The van der Waals surface area contributed by atoms with Crippen LogP contribution in [-0.4, -0.2) is 17.0 Å². The molecule has 154 valence electrons. The maximum Gasteiger partial charge on any atom is 0.165 e. The summed E-state index contributed by atoms with van der Waals surface area (Å²) < 4.78 is 13.3. The first-order valence-corrected chi connectivity index (χ1v) is 10.7. The van der Waals surface area contributed by atoms with Crippen LogP contribution in [0, 0.1) is 34.9 Å². The molecule has 0 bridgehead atoms. The molecule has 3 heteroatoms. The molecule has 30 heavy (non-hydrogen) atoms. The highest BCUT2D eigenvalue weighted by atomic mass is 19.1. The Bertz CT molecular complexity index is 1040. The zero-order chi connectivity index (χ0) is 21.3. The molecule has 0 amide bonds. The lowest BCUT2D eigenvalue weighted by Crippen LogP contribution is -2.50. The van der Waals surface area contributed by atoms with Crippen molar-refractivity contribution in [3.8, 4) is 11.8 Å². The minimum Gasteiger partial charge on any atom is -0.393 e. The van der Waals surface area contributed by atoms with Gasteiger partial charge in [-0.2, -0.15) is 0 Å². The fraction of sp³-hybridized carbons (Fsp3) is 0.370. The van der Waals surface area contributed by atoms with Gasteiger partial charge in [0, 0.05) is 16.5 Å². The Morgan fingerprint density at radius 2 is 1.83 bits per heavy atom. The third-order valence-corrected chi connectivity index (χ3v) is 6.98. The van der Waals surface area contributed by atoms with E-state index in [4.69, 9.17) is 0 Å². The van der Waals surface area contributed by atoms with Crippen LogP contribution >= 0.6 is 0 Å². The number of benzene rings is 2. The minimum atomic E-state index is -0.362. The molecule has 0 aliphatic heterocycles. The molecule has 4 rings (SSSR count). The first kappa shape index (κ1) is 20.6. The maximum atomic E-state index is 13.3. The third kappa shape index (κ3) is 3.98. The molecule has 2 saturated carbocycles. The summed E-state index contributed by atoms with van der Waals surface area (Å²) in [5, 5.41) is 10.2. The molecule has 4 atom stereocenters. The van der Waals surface area contributed by atoms with Gasteiger partial charge in [-0.1, -0.05) is 43.9 Å². The van der Waals surface area contributed by atoms with Gasteiger partial charge < -0.3 is 5.11 Å². The Morgan fingerprint density at radius 3 is 2.57 bits per heavy atom. The Hall–Kier alpha value is -2.70. The van der Waals surface area contributed by atoms with E-state index in [9.17, 15) is 14.3 Å². The Kier molecular flexibility index (Phi) is 5.62. The van der Waals surface area contributed by atoms with Gasteiger partial charge in [0.15, 0.2) is 5.78 Å². The summed E-state index contributed by atoms with van der Waals surface area (Å²) in [5.74, 6) is 6.40. The van der Waals surface area contributed by atoms with E-state index in [1.54, 1.807) is 12.1 Å². The number of hydrogen-bond donors (Lipinski definition) is 1. The van der Waals surface area contributed by atoms with Gasteiger partial charge in [-0.25, -0.2) is 4.39 Å². The molecule has 2 aliphatic carbocycles. The monoisotopic (exact) mass is 402 g/mol. The summed E-state index contributed by atoms with van der Waals surface area (Å²) in [7, 11) is 0. The average Bonchev–Trinajstić information content (AvgIpc) is 2.74. The van der Waals surface area contributed by atoms with Gasteiger partial charge in [0.05, 0.1) is 6.10 Å². The molecule has 0 radical (unpaired) electrons. The Morgan fingerprint density at radius 1 is 1.10 bits per heavy atom. The lowest BCUT2D eigenvalue weighted by Gasteiger charge is -2.49. The third-order valence-electron chi connectivity index (χ3n) is 6.98. The number of Topliss-reactive ketones (excluding diaryl/α,β-unsaturated/α-hetero) is 1. The van der Waals surface area contributed by atoms with Crippen LogP contribution in [0.1, 0.15) is 56.2 Å². The predicted octanol–water partition coefficient (Wildman–Crippen LogP) is 5.39. The van der Waals surface area contributed by atoms with Crippen molar-refractivity contribution in [2.24, 2.45) is 17.3 Å². The highest BCUT2D eigenvalue weighted by Gasteiger charge is 2.51. The van der Waals surface area contributed by atoms with E-state index in [1.807, 2.05) is 30.3 Å². The number of ketones is 1. The van der Waals surface area contributed by atoms with E-state index in [0.29, 0.717) is 12.0 Å². The van der Waals surface area contributed by atoms with Crippen molar-refractivity contribution in [2.45, 2.75) is 45.6 Å². The van der Waals surface area contributed by atoms with Crippen LogP contribution in [0.4, 0.5) is 4.39 Å². The number of allylic oxidation sites excluding steroid dienone is 1. The second-order valence-electron chi connectivity index (χ2n) is 8.91. The zero-order valence-electron chi connectivity index (χ0n) is 17.5. The minimum absolute atomic E-state index is 0.171. The van der Waals surface area contributed by atoms with Crippen LogP contribution in [0.5, 0.6) is 0 Å². The van der Waals surface area contributed by atoms with Crippen molar-refractivity contribution in [1.29, 1.82) is 0 Å². The Balaban J connectivity index is 1.51. The number of fused-ring (bicyclic) bond motifs is 1. The molecule has 2 fully saturated rings. The second kappa shape index (κ2) is 8.20. The van der Waals surface area contributed by atoms with Crippen molar-refractivity contribution in [3.05, 3.63) is 76.6 Å². The van der Waals surface area contributed by atoms with E-state index in [-0.39, 0.29) is 35.0 Å². The predicted molar refractivity (Wildman–Crippen MR) is 117 cm³/mol. The van der Waals surface area contributed by atoms with Gasteiger partial charge in [-0.3, -0.25) is 4.79 Å². The average molecular weight is 403 g/mol. The SMILES string of the molecule is CC1C(O)CC[C@]2(C)C(=O)/C(=C/c3ccc(C#Cc4cccc(F)c4)cc3)CCC12. The molecule has 1 N–H and O–H groups in total. The van der Waals surface area contributed by atoms with Gasteiger partial charge >= 0.3 is 0 Å². The molecule has 0 aromatic heterocycles. The first-order chi connectivity index (χ1) is 14.4. The number of carbonyl (C=O) groups is 1. The van der Waals surface area contributed by atoms with Crippen LogP contribution in [-0.2, 0) is 4.79 Å². The molecule has 3 unspecified atom stereocenters. The fourth-order valence-electron chi connectivity index (χ4n) is 5.11. The first-order valence-electron chi connectivity index (χ1n) is 10.7. The van der Waals surface area contributed by atoms with Crippen molar-refractivity contribution in [2.75, 3.05) is 0 Å². The van der Waals surface area contributed by atoms with Crippen molar-refractivity contribution < 1.29 is 14.3 Å². The van der Waals surface area contributed by atoms with E-state index < -0.39 is 0 Å². The number of carbonyl (C=O) groups excluding carboxylic acids is 1. The lowest BCUT2D eigenvalue weighted by atomic mass is 9.55. The highest BCUT2D eigenvalue weighted by Crippen LogP contribution is 2.52. The van der Waals surface area contributed by atoms with Crippen LogP contribution < -0.4 is 0 Å². The largest absolute Gasteiger partial charge is 0.393 e. The highest BCUT2D eigenvalue weighted by molar-refractivity contribution is 6.04. The topological polar surface area (TPSA) is 37.3 Å². The van der Waals surface area contributed by atoms with Gasteiger partial charge in [-0.05, 0) is 85.1 Å². The summed E-state index contributed by atoms with van der Waals surface area (Å²) in [5.41, 5.74) is 3.00. The van der Waals surface area contributed by atoms with E-state index >= 15 is 0 Å². The fourth-order valence-corrected chi connectivity index (χ4v) is 5.11. The summed E-state index contributed by atoms with van der Waals surface area (Å²) in [6, 6.07) is 14.0. The van der Waals surface area contributed by atoms with Crippen LogP contribution in [0.25, 0.3) is 6.08 Å². The summed E-state index contributed by atoms with van der Waals surface area (Å²) in [6.07, 6.45) is 4.88. The quantitative estimate of drug-likeness (QED) is 0.513. The molecule has 0 saturated heterocycles. The molecule has 0 spiro atoms. The number of hydrogen-bond acceptors (Lipinski definition) is 2. The van der Waals surface area contributed by atoms with Crippen molar-refractivity contribution in [1.82, 2.24) is 0 Å². The Labute approximate surface area is 177 Å². The molecule has 2 nitrogen and oxygen atoms in total. The van der Waals surface area contributed by atoms with Crippen molar-refractivity contribution in [3.63, 3.8) is 0 Å². The molecule has 2 aromatic rings. The number of aliphatic hydroxyl groups excluding tert-OH is 1. The number of aliphatic hydroxyl groups is 1. The number of halogens is 1. The molecule has 2 aliphatic rings. The second-order valence-corrected chi connectivity index (χ2v) is 8.91. The maximum absolute atomic E-state index is 13.3. The van der Waals surface area contributed by atoms with Gasteiger partial charge in [0.1, 0.15) is 5.82 Å². The summed E-state index contributed by atoms with van der Waals surface area (Å²) in [4.78, 5) is 13.3. The van der Waals surface area contributed by atoms with E-state index in [1.165, 1.54) is 12.1 Å². The summed E-state index contributed by atoms with van der Waals surface area (Å²) in [6.45, 7) is 4.17. The molecule has 2 aromatic carbocycles. The summed E-state index contributed by atoms with van der Waals surface area (Å²) >= 11 is 0. The van der Waals surface area contributed by atoms with E-state index in [2.05, 4.69) is 25.7 Å². The van der Waals surface area contributed by atoms with Crippen LogP contribution in [0.3, 0.4) is 0 Å². The standard InChI is InChI=1S/C27H27FO2/c1-18-24-13-12-22(26(30)27(24,2)15-14-25(18)29)16-21-10-7-19(8-11-21)6-9-20-4-3-5-23(28)17-20/h3-5,7-8,10-11,16-18,24-25,29H,12-15H2,1-2H3/b22-16+/t18?,24?,25?,27-/m0/s1. The van der Waals surface area contributed by atoms with Crippen LogP contribution in [0.2, 0.25) is 0 Å². The molecule has 0 heterocycles. The van der Waals surface area contributed by atoms with Crippen LogP contribution in [0.15, 0.2) is 54.1 Å². The van der Waals surface area contributed by atoms with Gasteiger partial charge in [0.2, 0.25) is 0 Å². The van der Waals surface area contributed by atoms with Crippen molar-refractivity contribution >= 4 is 11.9 Å². The van der Waals surface area contributed by atoms with E-state index in [0.717, 1.165) is 36.0 Å². The zero-order valence-corrected chi connectivity index (χ0v) is 17.5. The smallest absolute Gasteiger partial charge is 0.165 e. The molecular weight excluding hydrogens is 375 g/mol. The number of rotatable bonds is 1. The lowest BCUT2D eigenvalue weighted by molar-refractivity contribution is -0.137. The normalized spacial score (nSPS) is 29.8. The molecular formula is C27H27FO2.